The van der Waals surface area contributed by atoms with Gasteiger partial charge in [0, 0.05) is 30.7 Å². The summed E-state index contributed by atoms with van der Waals surface area (Å²) < 4.78 is 0. The lowest BCUT2D eigenvalue weighted by molar-refractivity contribution is 0.0946. The fraction of sp³-hybridized carbons (Fsp3) is 0.389. The second-order valence-electron chi connectivity index (χ2n) is 5.94. The van der Waals surface area contributed by atoms with E-state index in [1.54, 1.807) is 6.07 Å². The average Bonchev–Trinajstić information content (AvgIpc) is 2.90. The van der Waals surface area contributed by atoms with Gasteiger partial charge in [0.2, 0.25) is 0 Å². The topological polar surface area (TPSA) is 58.1 Å². The predicted molar refractivity (Wildman–Crippen MR) is 95.3 cm³/mol. The molecule has 126 valence electrons. The zero-order valence-electron chi connectivity index (χ0n) is 13.5. The van der Waals surface area contributed by atoms with Crippen molar-refractivity contribution in [2.45, 2.75) is 32.2 Å². The van der Waals surface area contributed by atoms with Crippen molar-refractivity contribution in [2.24, 2.45) is 0 Å². The molecule has 1 saturated heterocycles. The van der Waals surface area contributed by atoms with E-state index in [1.165, 1.54) is 19.2 Å². The minimum Gasteiger partial charge on any atom is -0.357 e. The Morgan fingerprint density at radius 2 is 1.88 bits per heavy atom. The van der Waals surface area contributed by atoms with E-state index in [1.807, 2.05) is 24.3 Å². The van der Waals surface area contributed by atoms with Crippen molar-refractivity contribution in [3.05, 3.63) is 52.9 Å². The quantitative estimate of drug-likeness (QED) is 0.923. The fourth-order valence-corrected chi connectivity index (χ4v) is 3.05. The summed E-state index contributed by atoms with van der Waals surface area (Å²) in [5, 5.41) is 3.51. The Kier molecular flexibility index (Phi) is 5.64. The number of nitrogens with zero attached hydrogens (tertiary/aromatic N) is 3. The molecule has 0 bridgehead atoms. The monoisotopic (exact) mass is 344 g/mol. The maximum absolute atomic E-state index is 12.4. The van der Waals surface area contributed by atoms with Gasteiger partial charge in [0.25, 0.3) is 5.91 Å². The van der Waals surface area contributed by atoms with Crippen LogP contribution in [0.2, 0.25) is 5.02 Å². The summed E-state index contributed by atoms with van der Waals surface area (Å²) in [6.07, 6.45) is 6.31. The van der Waals surface area contributed by atoms with Crippen molar-refractivity contribution < 1.29 is 4.79 Å². The minimum atomic E-state index is -0.214. The van der Waals surface area contributed by atoms with E-state index < -0.39 is 0 Å². The molecule has 1 amide bonds. The maximum Gasteiger partial charge on any atom is 0.270 e. The van der Waals surface area contributed by atoms with Crippen molar-refractivity contribution in [3.63, 3.8) is 0 Å². The van der Waals surface area contributed by atoms with Gasteiger partial charge in [0.1, 0.15) is 17.8 Å². The number of anilines is 1. The van der Waals surface area contributed by atoms with Gasteiger partial charge in [0.05, 0.1) is 0 Å². The molecule has 6 heteroatoms. The van der Waals surface area contributed by atoms with Crippen LogP contribution < -0.4 is 10.2 Å². The highest BCUT2D eigenvalue weighted by molar-refractivity contribution is 6.31. The van der Waals surface area contributed by atoms with Crippen LogP contribution in [0.15, 0.2) is 36.7 Å². The van der Waals surface area contributed by atoms with Gasteiger partial charge < -0.3 is 10.2 Å². The molecule has 1 N–H and O–H groups in total. The average molecular weight is 345 g/mol. The SMILES string of the molecule is O=C(NCc1ccccc1Cl)c1cc(N2CCCCCC2)ncn1. The van der Waals surface area contributed by atoms with Crippen LogP contribution in [0, 0.1) is 0 Å². The van der Waals surface area contributed by atoms with Crippen LogP contribution >= 0.6 is 11.6 Å². The normalized spacial score (nSPS) is 15.0. The molecule has 0 unspecified atom stereocenters. The Hall–Kier alpha value is -2.14. The molecular formula is C18H21ClN4O. The number of hydrogen-bond acceptors (Lipinski definition) is 4. The zero-order valence-corrected chi connectivity index (χ0v) is 14.3. The highest BCUT2D eigenvalue weighted by Gasteiger charge is 2.14. The molecule has 1 aromatic heterocycles. The molecule has 1 aliphatic heterocycles. The molecule has 5 nitrogen and oxygen atoms in total. The van der Waals surface area contributed by atoms with E-state index in [0.29, 0.717) is 17.3 Å². The number of nitrogens with one attached hydrogen (secondary N) is 1. The second-order valence-corrected chi connectivity index (χ2v) is 6.34. The van der Waals surface area contributed by atoms with Gasteiger partial charge in [0.15, 0.2) is 0 Å². The van der Waals surface area contributed by atoms with Crippen molar-refractivity contribution >= 4 is 23.3 Å². The van der Waals surface area contributed by atoms with Gasteiger partial charge in [-0.05, 0) is 24.5 Å². The van der Waals surface area contributed by atoms with Crippen LogP contribution in [0.5, 0.6) is 0 Å². The molecule has 1 fully saturated rings. The van der Waals surface area contributed by atoms with Crippen molar-refractivity contribution in [3.8, 4) is 0 Å². The molecule has 3 rings (SSSR count). The number of carbonyl (C=O) groups is 1. The van der Waals surface area contributed by atoms with Gasteiger partial charge in [-0.15, -0.1) is 0 Å². The first-order chi connectivity index (χ1) is 11.7. The summed E-state index contributed by atoms with van der Waals surface area (Å²) >= 11 is 6.11. The number of amides is 1. The van der Waals surface area contributed by atoms with Crippen molar-refractivity contribution in [1.29, 1.82) is 0 Å². The third-order valence-corrected chi connectivity index (χ3v) is 4.58. The van der Waals surface area contributed by atoms with Crippen LogP contribution in [0.3, 0.4) is 0 Å². The molecule has 0 radical (unpaired) electrons. The highest BCUT2D eigenvalue weighted by atomic mass is 35.5. The Morgan fingerprint density at radius 3 is 2.62 bits per heavy atom. The molecule has 1 aliphatic rings. The first kappa shape index (κ1) is 16.7. The number of carbonyl (C=O) groups excluding carboxylic acids is 1. The van der Waals surface area contributed by atoms with E-state index in [0.717, 1.165) is 37.3 Å². The molecule has 0 spiro atoms. The number of benzene rings is 1. The lowest BCUT2D eigenvalue weighted by atomic mass is 10.2. The molecule has 0 atom stereocenters. The third-order valence-electron chi connectivity index (χ3n) is 4.21. The van der Waals surface area contributed by atoms with Gasteiger partial charge in [-0.3, -0.25) is 4.79 Å². The smallest absolute Gasteiger partial charge is 0.270 e. The molecule has 0 aliphatic carbocycles. The first-order valence-corrected chi connectivity index (χ1v) is 8.70. The molecule has 2 aromatic rings. The summed E-state index contributed by atoms with van der Waals surface area (Å²) in [6, 6.07) is 9.24. The summed E-state index contributed by atoms with van der Waals surface area (Å²) in [4.78, 5) is 23.0. The molecular weight excluding hydrogens is 324 g/mol. The largest absolute Gasteiger partial charge is 0.357 e. The Balaban J connectivity index is 1.66. The Labute approximate surface area is 147 Å². The maximum atomic E-state index is 12.4. The van der Waals surface area contributed by atoms with Gasteiger partial charge in [-0.25, -0.2) is 9.97 Å². The summed E-state index contributed by atoms with van der Waals surface area (Å²) in [5.41, 5.74) is 1.27. The lowest BCUT2D eigenvalue weighted by Gasteiger charge is -2.21. The number of aromatic nitrogens is 2. The van der Waals surface area contributed by atoms with Crippen molar-refractivity contribution in [2.75, 3.05) is 18.0 Å². The Morgan fingerprint density at radius 1 is 1.12 bits per heavy atom. The van der Waals surface area contributed by atoms with Crippen LogP contribution in [0.4, 0.5) is 5.82 Å². The number of hydrogen-bond donors (Lipinski definition) is 1. The molecule has 1 aromatic carbocycles. The summed E-state index contributed by atoms with van der Waals surface area (Å²) in [5.74, 6) is 0.614. The summed E-state index contributed by atoms with van der Waals surface area (Å²) in [7, 11) is 0. The van der Waals surface area contributed by atoms with Crippen LogP contribution in [0.25, 0.3) is 0 Å². The Bertz CT molecular complexity index is 699. The van der Waals surface area contributed by atoms with E-state index in [9.17, 15) is 4.79 Å². The van der Waals surface area contributed by atoms with Crippen LogP contribution in [-0.4, -0.2) is 29.0 Å². The van der Waals surface area contributed by atoms with Gasteiger partial charge in [-0.1, -0.05) is 42.6 Å². The molecule has 24 heavy (non-hydrogen) atoms. The third kappa shape index (κ3) is 4.23. The number of rotatable bonds is 4. The molecule has 0 saturated carbocycles. The lowest BCUT2D eigenvalue weighted by Crippen LogP contribution is -2.27. The van der Waals surface area contributed by atoms with E-state index >= 15 is 0 Å². The van der Waals surface area contributed by atoms with Crippen molar-refractivity contribution in [1.82, 2.24) is 15.3 Å². The number of halogens is 1. The molecule has 2 heterocycles. The minimum absolute atomic E-state index is 0.214. The van der Waals surface area contributed by atoms with E-state index in [2.05, 4.69) is 20.2 Å². The predicted octanol–water partition coefficient (Wildman–Crippen LogP) is 3.44. The highest BCUT2D eigenvalue weighted by Crippen LogP contribution is 2.18. The zero-order chi connectivity index (χ0) is 16.8. The van der Waals surface area contributed by atoms with E-state index in [4.69, 9.17) is 11.6 Å². The van der Waals surface area contributed by atoms with E-state index in [-0.39, 0.29) is 5.91 Å². The van der Waals surface area contributed by atoms with Gasteiger partial charge >= 0.3 is 0 Å². The van der Waals surface area contributed by atoms with Crippen LogP contribution in [0.1, 0.15) is 41.7 Å². The first-order valence-electron chi connectivity index (χ1n) is 8.32. The van der Waals surface area contributed by atoms with Gasteiger partial charge in [-0.2, -0.15) is 0 Å². The fourth-order valence-electron chi connectivity index (χ4n) is 2.85. The van der Waals surface area contributed by atoms with Crippen LogP contribution in [-0.2, 0) is 6.54 Å². The second kappa shape index (κ2) is 8.11. The standard InChI is InChI=1S/C18H21ClN4O/c19-15-8-4-3-7-14(15)12-20-18(24)16-11-17(22-13-21-16)23-9-5-1-2-6-10-23/h3-4,7-8,11,13H,1-2,5-6,9-10,12H2,(H,20,24). The summed E-state index contributed by atoms with van der Waals surface area (Å²) in [6.45, 7) is 2.34.